The topological polar surface area (TPSA) is 140 Å². The normalized spacial score (nSPS) is 17.0. The number of benzene rings is 2. The molecule has 0 spiro atoms. The number of H-pyrrole nitrogens is 1. The summed E-state index contributed by atoms with van der Waals surface area (Å²) in [6.45, 7) is 2.84. The van der Waals surface area contributed by atoms with Gasteiger partial charge in [0, 0.05) is 39.5 Å². The van der Waals surface area contributed by atoms with Gasteiger partial charge in [0.2, 0.25) is 5.91 Å². The number of ether oxygens (including phenoxy) is 1. The number of anilines is 1. The molecule has 0 fully saturated rings. The highest BCUT2D eigenvalue weighted by Crippen LogP contribution is 2.38. The Morgan fingerprint density at radius 2 is 2.02 bits per heavy atom. The average molecular weight is 644 g/mol. The summed E-state index contributed by atoms with van der Waals surface area (Å²) in [4.78, 5) is 33.1. The summed E-state index contributed by atoms with van der Waals surface area (Å²) in [5.41, 5.74) is 3.88. The van der Waals surface area contributed by atoms with Crippen LogP contribution < -0.4 is 10.6 Å². The van der Waals surface area contributed by atoms with E-state index < -0.39 is 12.0 Å². The molecule has 0 saturated heterocycles. The lowest BCUT2D eigenvalue weighted by Gasteiger charge is -2.20. The number of carbonyl (C=O) groups is 2. The first kappa shape index (κ1) is 30.5. The van der Waals surface area contributed by atoms with Gasteiger partial charge in [-0.25, -0.2) is 4.98 Å². The average Bonchev–Trinajstić information content (AvgIpc) is 3.65. The van der Waals surface area contributed by atoms with E-state index in [0.717, 1.165) is 18.5 Å². The summed E-state index contributed by atoms with van der Waals surface area (Å²) in [5.74, 6) is 0.137. The Kier molecular flexibility index (Phi) is 9.64. The lowest BCUT2D eigenvalue weighted by Crippen LogP contribution is -2.28. The van der Waals surface area contributed by atoms with E-state index in [-0.39, 0.29) is 12.3 Å². The molecule has 0 aliphatic carbocycles. The molecule has 0 radical (unpaired) electrons. The quantitative estimate of drug-likeness (QED) is 0.176. The highest BCUT2D eigenvalue weighted by Gasteiger charge is 2.24. The van der Waals surface area contributed by atoms with Crippen LogP contribution in [-0.2, 0) is 20.7 Å². The summed E-state index contributed by atoms with van der Waals surface area (Å²) in [6.07, 6.45) is 6.98. The molecule has 2 bridgehead atoms. The Morgan fingerprint density at radius 1 is 1.19 bits per heavy atom. The summed E-state index contributed by atoms with van der Waals surface area (Å²) in [6, 6.07) is 8.37. The van der Waals surface area contributed by atoms with Crippen LogP contribution in [0.4, 0.5) is 5.69 Å². The molecule has 1 aliphatic heterocycles. The van der Waals surface area contributed by atoms with E-state index in [2.05, 4.69) is 38.1 Å². The van der Waals surface area contributed by atoms with Crippen molar-refractivity contribution in [3.8, 4) is 16.9 Å². The predicted octanol–water partition coefficient (Wildman–Crippen LogP) is 5.83. The Hall–Kier alpha value is -3.93. The van der Waals surface area contributed by atoms with E-state index in [1.54, 1.807) is 30.3 Å². The Bertz CT molecular complexity index is 1650. The zero-order chi connectivity index (χ0) is 30.5. The van der Waals surface area contributed by atoms with Gasteiger partial charge in [-0.3, -0.25) is 9.59 Å². The minimum Gasteiger partial charge on any atom is -0.469 e. The third kappa shape index (κ3) is 7.35. The molecule has 224 valence electrons. The molecular weight excluding hydrogens is 615 g/mol. The van der Waals surface area contributed by atoms with E-state index in [0.29, 0.717) is 68.0 Å². The number of hydrogen-bond acceptors (Lipinski definition) is 8. The van der Waals surface area contributed by atoms with Crippen LogP contribution in [0, 0.1) is 5.92 Å². The highest BCUT2D eigenvalue weighted by molar-refractivity contribution is 6.33. The number of tetrazole rings is 1. The maximum absolute atomic E-state index is 13.2. The van der Waals surface area contributed by atoms with Crippen LogP contribution in [0.1, 0.15) is 49.2 Å². The van der Waals surface area contributed by atoms with Crippen LogP contribution in [-0.4, -0.2) is 55.7 Å². The summed E-state index contributed by atoms with van der Waals surface area (Å²) in [7, 11) is 1.34. The fourth-order valence-electron chi connectivity index (χ4n) is 4.89. The van der Waals surface area contributed by atoms with Crippen molar-refractivity contribution in [3.63, 3.8) is 0 Å². The zero-order valence-corrected chi connectivity index (χ0v) is 25.7. The number of esters is 1. The lowest BCUT2D eigenvalue weighted by molar-refractivity contribution is -0.139. The standard InChI is InChI=1S/C29H29Cl3N8O3/c1-16-4-3-5-22(35-25(41)9-6-17-10-19(30)7-8-24(17)40-15-34-38-39-40)29-36-27(28(32)37-29)20-13-21(31)18(12-26(42)43-2)11-23(20)33-14-16/h6-11,13,15-16,22,33H,3-5,12,14H2,1-2H3,(H,35,41)(H,36,37)/b9-6+/t16-,22+/m1/s1. The smallest absolute Gasteiger partial charge is 0.310 e. The van der Waals surface area contributed by atoms with Crippen molar-refractivity contribution in [2.24, 2.45) is 5.92 Å². The zero-order valence-electron chi connectivity index (χ0n) is 23.4. The molecule has 11 nitrogen and oxygen atoms in total. The third-order valence-corrected chi connectivity index (χ3v) is 8.02. The first-order valence-corrected chi connectivity index (χ1v) is 14.8. The highest BCUT2D eigenvalue weighted by atomic mass is 35.5. The van der Waals surface area contributed by atoms with Crippen molar-refractivity contribution < 1.29 is 14.3 Å². The number of aromatic amines is 1. The van der Waals surface area contributed by atoms with E-state index in [4.69, 9.17) is 44.5 Å². The van der Waals surface area contributed by atoms with E-state index in [1.807, 2.05) is 6.07 Å². The Balaban J connectivity index is 1.44. The number of methoxy groups -OCH3 is 1. The predicted molar refractivity (Wildman–Crippen MR) is 165 cm³/mol. The van der Waals surface area contributed by atoms with Gasteiger partial charge >= 0.3 is 5.97 Å². The number of fused-ring (bicyclic) bond motifs is 4. The molecule has 2 atom stereocenters. The second-order valence-electron chi connectivity index (χ2n) is 10.3. The molecule has 2 aromatic carbocycles. The first-order valence-electron chi connectivity index (χ1n) is 13.6. The van der Waals surface area contributed by atoms with Crippen molar-refractivity contribution >= 4 is 58.4 Å². The van der Waals surface area contributed by atoms with Gasteiger partial charge in [0.1, 0.15) is 23.0 Å². The number of carbonyl (C=O) groups excluding carboxylic acids is 2. The molecule has 43 heavy (non-hydrogen) atoms. The van der Waals surface area contributed by atoms with Crippen LogP contribution in [0.2, 0.25) is 15.2 Å². The Labute approximate surface area is 263 Å². The lowest BCUT2D eigenvalue weighted by atomic mass is 9.99. The number of amides is 1. The van der Waals surface area contributed by atoms with Gasteiger partial charge in [0.15, 0.2) is 0 Å². The number of halogens is 3. The first-order chi connectivity index (χ1) is 20.7. The van der Waals surface area contributed by atoms with Gasteiger partial charge < -0.3 is 20.4 Å². The van der Waals surface area contributed by atoms with Crippen molar-refractivity contribution in [1.82, 2.24) is 35.5 Å². The van der Waals surface area contributed by atoms with E-state index in [9.17, 15) is 9.59 Å². The third-order valence-electron chi connectivity index (χ3n) is 7.16. The maximum atomic E-state index is 13.2. The molecule has 2 aromatic heterocycles. The molecule has 1 amide bonds. The van der Waals surface area contributed by atoms with Crippen molar-refractivity contribution in [1.29, 1.82) is 0 Å². The summed E-state index contributed by atoms with van der Waals surface area (Å²) in [5, 5.41) is 19.1. The van der Waals surface area contributed by atoms with Gasteiger partial charge in [0.05, 0.1) is 25.3 Å². The molecule has 0 unspecified atom stereocenters. The maximum Gasteiger partial charge on any atom is 0.310 e. The number of nitrogens with one attached hydrogen (secondary N) is 3. The molecule has 3 N–H and O–H groups in total. The Morgan fingerprint density at radius 3 is 2.79 bits per heavy atom. The monoisotopic (exact) mass is 642 g/mol. The number of imidazole rings is 1. The molecule has 1 aliphatic rings. The molecular formula is C29H29Cl3N8O3. The second-order valence-corrected chi connectivity index (χ2v) is 11.5. The van der Waals surface area contributed by atoms with Gasteiger partial charge in [0.25, 0.3) is 0 Å². The van der Waals surface area contributed by atoms with Gasteiger partial charge in [-0.2, -0.15) is 4.68 Å². The van der Waals surface area contributed by atoms with Crippen molar-refractivity contribution in [3.05, 3.63) is 74.9 Å². The van der Waals surface area contributed by atoms with Crippen LogP contribution in [0.3, 0.4) is 0 Å². The summed E-state index contributed by atoms with van der Waals surface area (Å²) < 4.78 is 6.32. The fraction of sp³-hybridized carbons (Fsp3) is 0.310. The molecule has 5 rings (SSSR count). The largest absolute Gasteiger partial charge is 0.469 e. The van der Waals surface area contributed by atoms with Crippen LogP contribution in [0.15, 0.2) is 42.7 Å². The fourth-order valence-corrected chi connectivity index (χ4v) is 5.55. The number of aromatic nitrogens is 6. The summed E-state index contributed by atoms with van der Waals surface area (Å²) >= 11 is 19.5. The molecule has 14 heteroatoms. The van der Waals surface area contributed by atoms with Gasteiger partial charge in [-0.15, -0.1) is 5.10 Å². The number of hydrogen-bond donors (Lipinski definition) is 3. The van der Waals surface area contributed by atoms with Gasteiger partial charge in [-0.05, 0) is 71.2 Å². The van der Waals surface area contributed by atoms with Crippen LogP contribution in [0.25, 0.3) is 23.0 Å². The minimum atomic E-state index is -0.432. The SMILES string of the molecule is COC(=O)Cc1cc2c(cc1Cl)-c1nc([nH]c1Cl)[C@@H](NC(=O)/C=C/c1cc(Cl)ccc1-n1cnnn1)CCC[C@@H](C)CN2. The van der Waals surface area contributed by atoms with Crippen LogP contribution >= 0.6 is 34.8 Å². The molecule has 4 aromatic rings. The van der Waals surface area contributed by atoms with Crippen molar-refractivity contribution in [2.45, 2.75) is 38.6 Å². The minimum absolute atomic E-state index is 0.0351. The van der Waals surface area contributed by atoms with Crippen molar-refractivity contribution in [2.75, 3.05) is 19.0 Å². The second kappa shape index (κ2) is 13.6. The van der Waals surface area contributed by atoms with E-state index in [1.165, 1.54) is 24.2 Å². The number of nitrogens with zero attached hydrogens (tertiary/aromatic N) is 5. The van der Waals surface area contributed by atoms with Crippen LogP contribution in [0.5, 0.6) is 0 Å². The molecule has 3 heterocycles. The van der Waals surface area contributed by atoms with Gasteiger partial charge in [-0.1, -0.05) is 48.1 Å². The number of rotatable bonds is 6. The molecule has 0 saturated carbocycles. The van der Waals surface area contributed by atoms with E-state index >= 15 is 0 Å².